The second kappa shape index (κ2) is 9.31. The van der Waals surface area contributed by atoms with Crippen molar-refractivity contribution in [2.24, 2.45) is 0 Å². The molecule has 9 nitrogen and oxygen atoms in total. The maximum Gasteiger partial charge on any atom is 0.412 e. The molecule has 0 aromatic heterocycles. The van der Waals surface area contributed by atoms with Crippen LogP contribution in [0.2, 0.25) is 0 Å². The minimum Gasteiger partial charge on any atom is -0.478 e. The molecule has 1 aromatic rings. The van der Waals surface area contributed by atoms with Gasteiger partial charge in [0.2, 0.25) is 0 Å². The summed E-state index contributed by atoms with van der Waals surface area (Å²) in [6, 6.07) is 2.24. The third-order valence-corrected chi connectivity index (χ3v) is 3.67. The fourth-order valence-corrected chi connectivity index (χ4v) is 2.54. The van der Waals surface area contributed by atoms with Crippen LogP contribution in [0.25, 0.3) is 0 Å². The maximum absolute atomic E-state index is 12.2. The van der Waals surface area contributed by atoms with E-state index in [-0.39, 0.29) is 16.8 Å². The summed E-state index contributed by atoms with van der Waals surface area (Å²) in [5.41, 5.74) is -1.33. The fraction of sp³-hybridized carbons (Fsp3) is 0.556. The smallest absolute Gasteiger partial charge is 0.412 e. The maximum atomic E-state index is 12.2. The van der Waals surface area contributed by atoms with Crippen LogP contribution in [0.1, 0.15) is 62.9 Å². The van der Waals surface area contributed by atoms with E-state index in [1.54, 1.807) is 27.7 Å². The molecule has 0 fully saturated rings. The Labute approximate surface area is 157 Å². The van der Waals surface area contributed by atoms with E-state index in [1.165, 1.54) is 6.07 Å². The first-order valence-corrected chi connectivity index (χ1v) is 8.60. The summed E-state index contributed by atoms with van der Waals surface area (Å²) in [6.45, 7) is 9.36. The van der Waals surface area contributed by atoms with Crippen molar-refractivity contribution in [1.82, 2.24) is 0 Å². The first kappa shape index (κ1) is 22.4. The van der Waals surface area contributed by atoms with Gasteiger partial charge in [-0.25, -0.2) is 9.59 Å². The molecule has 1 atom stereocenters. The Morgan fingerprint density at radius 2 is 1.96 bits per heavy atom. The molecule has 27 heavy (non-hydrogen) atoms. The van der Waals surface area contributed by atoms with E-state index in [9.17, 15) is 24.8 Å². The Hall–Kier alpha value is -2.68. The van der Waals surface area contributed by atoms with Gasteiger partial charge in [-0.15, -0.1) is 0 Å². The number of rotatable bonds is 8. The first-order valence-electron chi connectivity index (χ1n) is 8.60. The predicted molar refractivity (Wildman–Crippen MR) is 99.4 cm³/mol. The molecule has 0 saturated heterocycles. The average molecular weight is 382 g/mol. The number of carbonyl (C=O) groups excluding carboxylic acids is 1. The number of nitro benzene ring substituents is 1. The van der Waals surface area contributed by atoms with Gasteiger partial charge in [0.05, 0.1) is 10.5 Å². The van der Waals surface area contributed by atoms with Crippen molar-refractivity contribution < 1.29 is 29.1 Å². The van der Waals surface area contributed by atoms with Crippen LogP contribution in [0.3, 0.4) is 0 Å². The highest BCUT2D eigenvalue weighted by Gasteiger charge is 2.29. The Morgan fingerprint density at radius 3 is 2.44 bits per heavy atom. The zero-order chi connectivity index (χ0) is 20.8. The quantitative estimate of drug-likeness (QED) is 0.392. The van der Waals surface area contributed by atoms with E-state index in [2.05, 4.69) is 5.32 Å². The second-order valence-electron chi connectivity index (χ2n) is 7.00. The summed E-state index contributed by atoms with van der Waals surface area (Å²) in [7, 11) is 0. The predicted octanol–water partition coefficient (Wildman–Crippen LogP) is 4.17. The largest absolute Gasteiger partial charge is 0.478 e. The standard InChI is InChI=1S/C18H26N2O7/c1-6-26-10-9-11(2)14-12(16(21)22)7-8-13(20(24)25)15(14)19-17(23)27-18(3,4)5/h7-8,11H,6,9-10H2,1-5H3,(H,19,23)(H,21,22). The number of hydrogen-bond donors (Lipinski definition) is 2. The molecule has 0 aliphatic heterocycles. The topological polar surface area (TPSA) is 128 Å². The molecule has 0 aliphatic carbocycles. The molecular weight excluding hydrogens is 356 g/mol. The zero-order valence-electron chi connectivity index (χ0n) is 16.2. The average Bonchev–Trinajstić information content (AvgIpc) is 2.52. The van der Waals surface area contributed by atoms with Gasteiger partial charge >= 0.3 is 12.1 Å². The lowest BCUT2D eigenvalue weighted by atomic mass is 9.90. The molecule has 0 heterocycles. The Bertz CT molecular complexity index is 710. The van der Waals surface area contributed by atoms with E-state index in [4.69, 9.17) is 9.47 Å². The summed E-state index contributed by atoms with van der Waals surface area (Å²) in [4.78, 5) is 34.6. The van der Waals surface area contributed by atoms with Gasteiger partial charge in [0.25, 0.3) is 5.69 Å². The molecule has 150 valence electrons. The van der Waals surface area contributed by atoms with Crippen LogP contribution in [0.4, 0.5) is 16.2 Å². The Kier molecular flexibility index (Phi) is 7.71. The number of anilines is 1. The minimum absolute atomic E-state index is 0.115. The van der Waals surface area contributed by atoms with E-state index in [0.29, 0.717) is 19.6 Å². The van der Waals surface area contributed by atoms with Crippen molar-refractivity contribution in [3.05, 3.63) is 33.4 Å². The van der Waals surface area contributed by atoms with E-state index < -0.39 is 34.2 Å². The van der Waals surface area contributed by atoms with Gasteiger partial charge < -0.3 is 14.6 Å². The lowest BCUT2D eigenvalue weighted by Crippen LogP contribution is -2.28. The Balaban J connectivity index is 3.44. The van der Waals surface area contributed by atoms with Gasteiger partial charge in [0, 0.05) is 24.8 Å². The molecule has 1 aromatic carbocycles. The van der Waals surface area contributed by atoms with Crippen LogP contribution in [0, 0.1) is 10.1 Å². The molecule has 9 heteroatoms. The van der Waals surface area contributed by atoms with E-state index >= 15 is 0 Å². The van der Waals surface area contributed by atoms with Crippen LogP contribution in [0.5, 0.6) is 0 Å². The van der Waals surface area contributed by atoms with Crippen LogP contribution in [-0.2, 0) is 9.47 Å². The highest BCUT2D eigenvalue weighted by Crippen LogP contribution is 2.38. The molecule has 1 unspecified atom stereocenters. The lowest BCUT2D eigenvalue weighted by molar-refractivity contribution is -0.384. The summed E-state index contributed by atoms with van der Waals surface area (Å²) < 4.78 is 10.5. The number of benzene rings is 1. The van der Waals surface area contributed by atoms with Gasteiger partial charge in [-0.3, -0.25) is 15.4 Å². The third kappa shape index (κ3) is 6.52. The number of carboxylic acid groups (broad SMARTS) is 1. The fourth-order valence-electron chi connectivity index (χ4n) is 2.54. The Morgan fingerprint density at radius 1 is 1.33 bits per heavy atom. The van der Waals surface area contributed by atoms with Gasteiger partial charge in [0.1, 0.15) is 11.3 Å². The summed E-state index contributed by atoms with van der Waals surface area (Å²) in [5.74, 6) is -1.65. The van der Waals surface area contributed by atoms with E-state index in [0.717, 1.165) is 6.07 Å². The van der Waals surface area contributed by atoms with Gasteiger partial charge in [-0.1, -0.05) is 6.92 Å². The lowest BCUT2D eigenvalue weighted by Gasteiger charge is -2.22. The molecule has 1 rings (SSSR count). The molecule has 0 bridgehead atoms. The van der Waals surface area contributed by atoms with Crippen molar-refractivity contribution in [3.8, 4) is 0 Å². The summed E-state index contributed by atoms with van der Waals surface area (Å²) in [5, 5.41) is 23.3. The summed E-state index contributed by atoms with van der Waals surface area (Å²) >= 11 is 0. The highest BCUT2D eigenvalue weighted by molar-refractivity contribution is 5.97. The molecule has 2 N–H and O–H groups in total. The normalized spacial score (nSPS) is 12.3. The monoisotopic (exact) mass is 382 g/mol. The van der Waals surface area contributed by atoms with Crippen LogP contribution in [-0.4, -0.2) is 40.9 Å². The number of amides is 1. The van der Waals surface area contributed by atoms with Crippen LogP contribution in [0.15, 0.2) is 12.1 Å². The third-order valence-electron chi connectivity index (χ3n) is 3.67. The second-order valence-corrected chi connectivity index (χ2v) is 7.00. The number of nitrogens with zero attached hydrogens (tertiary/aromatic N) is 1. The van der Waals surface area contributed by atoms with Crippen molar-refractivity contribution in [3.63, 3.8) is 0 Å². The van der Waals surface area contributed by atoms with Gasteiger partial charge in [0.15, 0.2) is 0 Å². The minimum atomic E-state index is -1.24. The number of carbonyl (C=O) groups is 2. The molecular formula is C18H26N2O7. The zero-order valence-corrected chi connectivity index (χ0v) is 16.2. The highest BCUT2D eigenvalue weighted by atomic mass is 16.6. The molecule has 0 radical (unpaired) electrons. The molecule has 1 amide bonds. The van der Waals surface area contributed by atoms with Crippen molar-refractivity contribution in [2.75, 3.05) is 18.5 Å². The van der Waals surface area contributed by atoms with E-state index in [1.807, 2.05) is 6.92 Å². The first-order chi connectivity index (χ1) is 12.5. The number of hydrogen-bond acceptors (Lipinski definition) is 6. The molecule has 0 aliphatic rings. The summed E-state index contributed by atoms with van der Waals surface area (Å²) in [6.07, 6.45) is -0.468. The number of nitro groups is 1. The molecule has 0 spiro atoms. The number of nitrogens with one attached hydrogen (secondary N) is 1. The van der Waals surface area contributed by atoms with Gasteiger partial charge in [-0.2, -0.15) is 0 Å². The number of carboxylic acids is 1. The number of aromatic carboxylic acids is 1. The van der Waals surface area contributed by atoms with Crippen molar-refractivity contribution in [2.45, 2.75) is 52.6 Å². The van der Waals surface area contributed by atoms with Crippen LogP contribution >= 0.6 is 0 Å². The molecule has 0 saturated carbocycles. The van der Waals surface area contributed by atoms with Gasteiger partial charge in [-0.05, 0) is 46.1 Å². The van der Waals surface area contributed by atoms with Crippen LogP contribution < -0.4 is 5.32 Å². The van der Waals surface area contributed by atoms with Crippen molar-refractivity contribution in [1.29, 1.82) is 0 Å². The SMILES string of the molecule is CCOCCC(C)c1c(C(=O)O)ccc([N+](=O)[O-])c1NC(=O)OC(C)(C)C. The van der Waals surface area contributed by atoms with Crippen molar-refractivity contribution >= 4 is 23.4 Å². The number of ether oxygens (including phenoxy) is 2.